The lowest BCUT2D eigenvalue weighted by Gasteiger charge is -1.96. The highest BCUT2D eigenvalue weighted by Gasteiger charge is 2.36. The van der Waals surface area contributed by atoms with Crippen LogP contribution in [0.3, 0.4) is 0 Å². The fourth-order valence-electron chi connectivity index (χ4n) is 1.80. The first-order valence-electron chi connectivity index (χ1n) is 5.59. The summed E-state index contributed by atoms with van der Waals surface area (Å²) in [6.45, 7) is 4.37. The molecule has 1 aliphatic rings. The summed E-state index contributed by atoms with van der Waals surface area (Å²) in [7, 11) is 0. The molecule has 0 aliphatic heterocycles. The summed E-state index contributed by atoms with van der Waals surface area (Å²) in [6, 6.07) is 4.14. The Labute approximate surface area is 96.1 Å². The van der Waals surface area contributed by atoms with E-state index in [1.165, 1.54) is 12.0 Å². The molecule has 0 amide bonds. The van der Waals surface area contributed by atoms with Gasteiger partial charge in [-0.05, 0) is 37.0 Å². The van der Waals surface area contributed by atoms with Gasteiger partial charge in [-0.1, -0.05) is 19.4 Å². The summed E-state index contributed by atoms with van der Waals surface area (Å²) in [5.41, 5.74) is 1.22. The van der Waals surface area contributed by atoms with Crippen molar-refractivity contribution in [3.05, 3.63) is 29.2 Å². The molecule has 1 fully saturated rings. The van der Waals surface area contributed by atoms with Crippen molar-refractivity contribution < 1.29 is 4.42 Å². The van der Waals surface area contributed by atoms with Crippen LogP contribution in [0.4, 0.5) is 0 Å². The maximum atomic E-state index is 5.81. The van der Waals surface area contributed by atoms with Crippen LogP contribution in [0.2, 0.25) is 0 Å². The van der Waals surface area contributed by atoms with E-state index >= 15 is 0 Å². The Morgan fingerprint density at radius 1 is 1.60 bits per heavy atom. The first-order valence-corrected chi connectivity index (χ1v) is 6.13. The molecule has 0 spiro atoms. The molecular formula is C13H17ClO. The maximum absolute atomic E-state index is 5.81. The van der Waals surface area contributed by atoms with E-state index in [9.17, 15) is 0 Å². The molecule has 15 heavy (non-hydrogen) atoms. The number of alkyl halides is 1. The number of allylic oxidation sites excluding steroid dienone is 1. The van der Waals surface area contributed by atoms with Gasteiger partial charge < -0.3 is 4.42 Å². The van der Waals surface area contributed by atoms with E-state index in [-0.39, 0.29) is 0 Å². The minimum atomic E-state index is 0.590. The van der Waals surface area contributed by atoms with Crippen molar-refractivity contribution in [3.63, 3.8) is 0 Å². The largest absolute Gasteiger partial charge is 0.461 e. The van der Waals surface area contributed by atoms with Crippen molar-refractivity contribution in [1.29, 1.82) is 0 Å². The Kier molecular flexibility index (Phi) is 3.20. The van der Waals surface area contributed by atoms with Gasteiger partial charge in [0.15, 0.2) is 0 Å². The lowest BCUT2D eigenvalue weighted by Crippen LogP contribution is -1.80. The number of hydrogen-bond donors (Lipinski definition) is 0. The second-order valence-corrected chi connectivity index (χ2v) is 4.62. The molecular weight excluding hydrogens is 208 g/mol. The van der Waals surface area contributed by atoms with E-state index < -0.39 is 0 Å². The Hall–Kier alpha value is -0.690. The van der Waals surface area contributed by atoms with E-state index in [1.807, 2.05) is 6.07 Å². The fourth-order valence-corrected chi connectivity index (χ4v) is 2.07. The third-order valence-electron chi connectivity index (χ3n) is 3.09. The minimum Gasteiger partial charge on any atom is -0.461 e. The summed E-state index contributed by atoms with van der Waals surface area (Å²) in [5.74, 6) is 4.13. The highest BCUT2D eigenvalue weighted by Crippen LogP contribution is 2.47. The molecule has 2 unspecified atom stereocenters. The molecule has 1 saturated carbocycles. The van der Waals surface area contributed by atoms with Crippen LogP contribution in [0.5, 0.6) is 0 Å². The first-order chi connectivity index (χ1) is 7.24. The van der Waals surface area contributed by atoms with Gasteiger partial charge in [-0.2, -0.15) is 0 Å². The maximum Gasteiger partial charge on any atom is 0.127 e. The summed E-state index contributed by atoms with van der Waals surface area (Å²) >= 11 is 5.81. The fraction of sp³-hybridized carbons (Fsp3) is 0.538. The molecule has 0 radical (unpaired) electrons. The zero-order chi connectivity index (χ0) is 10.8. The van der Waals surface area contributed by atoms with Crippen LogP contribution >= 0.6 is 11.6 Å². The van der Waals surface area contributed by atoms with E-state index in [0.717, 1.165) is 23.9 Å². The molecule has 1 aromatic heterocycles. The van der Waals surface area contributed by atoms with Crippen molar-refractivity contribution in [3.8, 4) is 0 Å². The van der Waals surface area contributed by atoms with E-state index in [4.69, 9.17) is 16.0 Å². The highest BCUT2D eigenvalue weighted by molar-refractivity contribution is 6.19. The van der Waals surface area contributed by atoms with Crippen molar-refractivity contribution in [2.24, 2.45) is 5.92 Å². The van der Waals surface area contributed by atoms with Crippen LogP contribution in [0.25, 0.3) is 6.08 Å². The molecule has 0 N–H and O–H groups in total. The molecule has 1 nitrogen and oxygen atoms in total. The van der Waals surface area contributed by atoms with Crippen LogP contribution in [-0.4, -0.2) is 5.88 Å². The topological polar surface area (TPSA) is 13.1 Å². The molecule has 1 heterocycles. The van der Waals surface area contributed by atoms with E-state index in [1.54, 1.807) is 0 Å². The van der Waals surface area contributed by atoms with Gasteiger partial charge in [0.25, 0.3) is 0 Å². The molecule has 82 valence electrons. The van der Waals surface area contributed by atoms with Gasteiger partial charge in [-0.25, -0.2) is 0 Å². The first kappa shape index (κ1) is 10.8. The Morgan fingerprint density at radius 3 is 2.87 bits per heavy atom. The Balaban J connectivity index is 2.10. The standard InChI is InChI=1S/C13H17ClO/c1-3-10(8-14)7-11-4-5-13(15-11)12-6-9(12)2/h4-5,7,9,12H,3,6,8H2,1-2H3. The molecule has 2 heteroatoms. The normalized spacial score (nSPS) is 25.7. The molecule has 2 rings (SSSR count). The van der Waals surface area contributed by atoms with Crippen LogP contribution in [-0.2, 0) is 0 Å². The summed E-state index contributed by atoms with van der Waals surface area (Å²) in [6.07, 6.45) is 4.32. The van der Waals surface area contributed by atoms with Gasteiger partial charge in [0.1, 0.15) is 11.5 Å². The molecule has 0 saturated heterocycles. The average molecular weight is 225 g/mol. The number of hydrogen-bond acceptors (Lipinski definition) is 1. The Morgan fingerprint density at radius 2 is 2.33 bits per heavy atom. The van der Waals surface area contributed by atoms with Crippen molar-refractivity contribution in [1.82, 2.24) is 0 Å². The quantitative estimate of drug-likeness (QED) is 0.690. The highest BCUT2D eigenvalue weighted by atomic mass is 35.5. The smallest absolute Gasteiger partial charge is 0.127 e. The van der Waals surface area contributed by atoms with Crippen LogP contribution in [0, 0.1) is 5.92 Å². The zero-order valence-electron chi connectivity index (χ0n) is 9.29. The lowest BCUT2D eigenvalue weighted by atomic mass is 10.2. The minimum absolute atomic E-state index is 0.590. The molecule has 2 atom stereocenters. The second-order valence-electron chi connectivity index (χ2n) is 4.35. The lowest BCUT2D eigenvalue weighted by molar-refractivity contribution is 0.497. The van der Waals surface area contributed by atoms with Gasteiger partial charge in [0.2, 0.25) is 0 Å². The zero-order valence-corrected chi connectivity index (χ0v) is 10.1. The number of furan rings is 1. The van der Waals surface area contributed by atoms with Crippen LogP contribution in [0.15, 0.2) is 22.1 Å². The van der Waals surface area contributed by atoms with Gasteiger partial charge in [0.05, 0.1) is 0 Å². The average Bonchev–Trinajstić information content (AvgIpc) is 2.80. The summed E-state index contributed by atoms with van der Waals surface area (Å²) in [5, 5.41) is 0. The Bertz CT molecular complexity index is 358. The third kappa shape index (κ3) is 2.46. The van der Waals surface area contributed by atoms with Gasteiger partial charge in [-0.3, -0.25) is 0 Å². The monoisotopic (exact) mass is 224 g/mol. The van der Waals surface area contributed by atoms with Crippen LogP contribution < -0.4 is 0 Å². The second kappa shape index (κ2) is 4.44. The van der Waals surface area contributed by atoms with Crippen molar-refractivity contribution >= 4 is 17.7 Å². The van der Waals surface area contributed by atoms with E-state index in [2.05, 4.69) is 26.0 Å². The van der Waals surface area contributed by atoms with E-state index in [0.29, 0.717) is 11.8 Å². The predicted molar refractivity (Wildman–Crippen MR) is 64.2 cm³/mol. The van der Waals surface area contributed by atoms with Crippen molar-refractivity contribution in [2.45, 2.75) is 32.6 Å². The molecule has 1 aromatic rings. The third-order valence-corrected chi connectivity index (χ3v) is 3.44. The van der Waals surface area contributed by atoms with Gasteiger partial charge in [0, 0.05) is 11.8 Å². The van der Waals surface area contributed by atoms with Crippen molar-refractivity contribution in [2.75, 3.05) is 5.88 Å². The van der Waals surface area contributed by atoms with Gasteiger partial charge >= 0.3 is 0 Å². The SMILES string of the molecule is CCC(=Cc1ccc(C2CC2C)o1)CCl. The summed E-state index contributed by atoms with van der Waals surface area (Å²) < 4.78 is 5.78. The number of rotatable bonds is 4. The van der Waals surface area contributed by atoms with Crippen LogP contribution in [0.1, 0.15) is 44.1 Å². The molecule has 1 aliphatic carbocycles. The van der Waals surface area contributed by atoms with Gasteiger partial charge in [-0.15, -0.1) is 11.6 Å². The summed E-state index contributed by atoms with van der Waals surface area (Å²) in [4.78, 5) is 0. The predicted octanol–water partition coefficient (Wildman–Crippen LogP) is 4.44. The molecule has 0 aromatic carbocycles. The molecule has 0 bridgehead atoms. The number of halogens is 1.